The van der Waals surface area contributed by atoms with Crippen LogP contribution in [-0.2, 0) is 19.4 Å². The highest BCUT2D eigenvalue weighted by Crippen LogP contribution is 2.21. The number of nitrogens with zero attached hydrogens (tertiary/aromatic N) is 1. The van der Waals surface area contributed by atoms with Crippen molar-refractivity contribution in [3.05, 3.63) is 0 Å². The van der Waals surface area contributed by atoms with Crippen LogP contribution in [0.2, 0.25) is 0 Å². The van der Waals surface area contributed by atoms with Crippen LogP contribution in [0.25, 0.3) is 0 Å². The molecule has 8 heteroatoms. The summed E-state index contributed by atoms with van der Waals surface area (Å²) in [6.45, 7) is 0.992. The number of carbonyl (C=O) groups is 1. The van der Waals surface area contributed by atoms with Crippen LogP contribution >= 0.6 is 11.8 Å². The van der Waals surface area contributed by atoms with Gasteiger partial charge in [-0.3, -0.25) is 4.79 Å². The Kier molecular flexibility index (Phi) is 6.58. The summed E-state index contributed by atoms with van der Waals surface area (Å²) in [7, 11) is -1.68. The van der Waals surface area contributed by atoms with Gasteiger partial charge >= 0.3 is 0 Å². The highest BCUT2D eigenvalue weighted by Gasteiger charge is 2.35. The number of amides is 1. The lowest BCUT2D eigenvalue weighted by atomic mass is 10.1. The lowest BCUT2D eigenvalue weighted by Crippen LogP contribution is -2.54. The van der Waals surface area contributed by atoms with Gasteiger partial charge in [0.05, 0.1) is 6.04 Å². The molecule has 0 bridgehead atoms. The minimum atomic E-state index is -3.27. The minimum Gasteiger partial charge on any atom is -0.385 e. The van der Waals surface area contributed by atoms with Crippen LogP contribution in [0.15, 0.2) is 0 Å². The number of carbonyl (C=O) groups excluding carboxylic acids is 1. The minimum absolute atomic E-state index is 0.271. The number of rotatable bonds is 6. The van der Waals surface area contributed by atoms with E-state index in [1.165, 1.54) is 11.2 Å². The van der Waals surface area contributed by atoms with E-state index in [9.17, 15) is 13.2 Å². The second kappa shape index (κ2) is 7.47. The standard InChI is InChI=1S/C11H22N2O4S2/c1-17-6-3-4-9(12)11(14)13-5-7-18-8-10(13)19(2,15)16/h9-10H,3-8,12H2,1-2H3. The predicted molar refractivity (Wildman–Crippen MR) is 76.8 cm³/mol. The third-order valence-corrected chi connectivity index (χ3v) is 5.69. The summed E-state index contributed by atoms with van der Waals surface area (Å²) >= 11 is 1.55. The molecule has 1 aliphatic heterocycles. The first-order valence-corrected chi connectivity index (χ1v) is 9.30. The van der Waals surface area contributed by atoms with Crippen LogP contribution in [0.5, 0.6) is 0 Å². The first-order valence-electron chi connectivity index (χ1n) is 6.19. The Balaban J connectivity index is 2.66. The monoisotopic (exact) mass is 310 g/mol. The quantitative estimate of drug-likeness (QED) is 0.677. The molecule has 0 aromatic carbocycles. The number of methoxy groups -OCH3 is 1. The normalized spacial score (nSPS) is 22.3. The number of sulfone groups is 1. The number of nitrogens with two attached hydrogens (primary N) is 1. The summed E-state index contributed by atoms with van der Waals surface area (Å²) in [6, 6.07) is -0.650. The molecule has 0 aromatic heterocycles. The Morgan fingerprint density at radius 2 is 2.26 bits per heavy atom. The van der Waals surface area contributed by atoms with Gasteiger partial charge < -0.3 is 15.4 Å². The molecule has 1 rings (SSSR count). The zero-order valence-electron chi connectivity index (χ0n) is 11.4. The maximum Gasteiger partial charge on any atom is 0.240 e. The molecule has 19 heavy (non-hydrogen) atoms. The van der Waals surface area contributed by atoms with Crippen molar-refractivity contribution in [3.8, 4) is 0 Å². The smallest absolute Gasteiger partial charge is 0.240 e. The van der Waals surface area contributed by atoms with E-state index in [0.29, 0.717) is 31.7 Å². The molecule has 0 saturated carbocycles. The fraction of sp³-hybridized carbons (Fsp3) is 0.909. The average molecular weight is 310 g/mol. The van der Waals surface area contributed by atoms with Crippen molar-refractivity contribution in [1.82, 2.24) is 4.90 Å². The number of hydrogen-bond acceptors (Lipinski definition) is 6. The van der Waals surface area contributed by atoms with Crippen LogP contribution in [0.3, 0.4) is 0 Å². The molecular formula is C11H22N2O4S2. The first-order chi connectivity index (χ1) is 8.88. The second-order valence-electron chi connectivity index (χ2n) is 4.63. The molecule has 1 saturated heterocycles. The zero-order chi connectivity index (χ0) is 14.5. The summed E-state index contributed by atoms with van der Waals surface area (Å²) in [4.78, 5) is 13.7. The summed E-state index contributed by atoms with van der Waals surface area (Å²) < 4.78 is 28.3. The molecule has 1 amide bonds. The zero-order valence-corrected chi connectivity index (χ0v) is 13.0. The Labute approximate surface area is 119 Å². The van der Waals surface area contributed by atoms with E-state index >= 15 is 0 Å². The number of hydrogen-bond donors (Lipinski definition) is 1. The molecular weight excluding hydrogens is 288 g/mol. The van der Waals surface area contributed by atoms with Gasteiger partial charge in [0, 0.05) is 38.0 Å². The molecule has 1 heterocycles. The van der Waals surface area contributed by atoms with Gasteiger partial charge in [-0.15, -0.1) is 0 Å². The molecule has 1 fully saturated rings. The van der Waals surface area contributed by atoms with Crippen LogP contribution in [-0.4, -0.2) is 68.7 Å². The predicted octanol–water partition coefficient (Wildman–Crippen LogP) is -0.314. The molecule has 0 aromatic rings. The molecule has 2 unspecified atom stereocenters. The molecule has 6 nitrogen and oxygen atoms in total. The largest absolute Gasteiger partial charge is 0.385 e. The Hall–Kier alpha value is -0.310. The van der Waals surface area contributed by atoms with E-state index in [1.807, 2.05) is 0 Å². The van der Waals surface area contributed by atoms with Gasteiger partial charge in [-0.05, 0) is 12.8 Å². The molecule has 1 aliphatic rings. The molecule has 2 N–H and O–H groups in total. The van der Waals surface area contributed by atoms with E-state index in [4.69, 9.17) is 10.5 Å². The van der Waals surface area contributed by atoms with Crippen molar-refractivity contribution < 1.29 is 17.9 Å². The van der Waals surface area contributed by atoms with Gasteiger partial charge in [0.15, 0.2) is 9.84 Å². The first kappa shape index (κ1) is 16.7. The summed E-state index contributed by atoms with van der Waals surface area (Å²) in [5.41, 5.74) is 5.85. The Morgan fingerprint density at radius 1 is 1.58 bits per heavy atom. The Morgan fingerprint density at radius 3 is 2.84 bits per heavy atom. The topological polar surface area (TPSA) is 89.7 Å². The molecule has 2 atom stereocenters. The van der Waals surface area contributed by atoms with E-state index in [2.05, 4.69) is 0 Å². The average Bonchev–Trinajstić information content (AvgIpc) is 2.37. The molecule has 0 spiro atoms. The maximum absolute atomic E-state index is 12.2. The third-order valence-electron chi connectivity index (χ3n) is 3.04. The number of thioether (sulfide) groups is 1. The fourth-order valence-electron chi connectivity index (χ4n) is 1.97. The van der Waals surface area contributed by atoms with Crippen molar-refractivity contribution in [1.29, 1.82) is 0 Å². The van der Waals surface area contributed by atoms with Gasteiger partial charge in [-0.1, -0.05) is 0 Å². The van der Waals surface area contributed by atoms with Crippen LogP contribution < -0.4 is 5.73 Å². The maximum atomic E-state index is 12.2. The highest BCUT2D eigenvalue weighted by molar-refractivity contribution is 8.00. The van der Waals surface area contributed by atoms with E-state index in [-0.39, 0.29) is 5.91 Å². The van der Waals surface area contributed by atoms with Crippen molar-refractivity contribution in [2.45, 2.75) is 24.3 Å². The van der Waals surface area contributed by atoms with Crippen molar-refractivity contribution >= 4 is 27.5 Å². The van der Waals surface area contributed by atoms with E-state index in [1.54, 1.807) is 18.9 Å². The van der Waals surface area contributed by atoms with Crippen LogP contribution in [0.4, 0.5) is 0 Å². The second-order valence-corrected chi connectivity index (χ2v) is 7.99. The third kappa shape index (κ3) is 4.94. The van der Waals surface area contributed by atoms with Gasteiger partial charge in [0.1, 0.15) is 5.37 Å². The van der Waals surface area contributed by atoms with Crippen molar-refractivity contribution in [2.24, 2.45) is 5.73 Å². The summed E-state index contributed by atoms with van der Waals surface area (Å²) in [5, 5.41) is -0.743. The van der Waals surface area contributed by atoms with Crippen LogP contribution in [0, 0.1) is 0 Å². The summed E-state index contributed by atoms with van der Waals surface area (Å²) in [5.74, 6) is 0.907. The molecule has 0 aliphatic carbocycles. The van der Waals surface area contributed by atoms with Gasteiger partial charge in [0.2, 0.25) is 5.91 Å². The molecule has 112 valence electrons. The fourth-order valence-corrected chi connectivity index (χ4v) is 4.79. The SMILES string of the molecule is COCCCC(N)C(=O)N1CCSCC1S(C)(=O)=O. The van der Waals surface area contributed by atoms with Gasteiger partial charge in [-0.25, -0.2) is 8.42 Å². The van der Waals surface area contributed by atoms with Gasteiger partial charge in [0.25, 0.3) is 0 Å². The van der Waals surface area contributed by atoms with Crippen LogP contribution in [0.1, 0.15) is 12.8 Å². The van der Waals surface area contributed by atoms with E-state index in [0.717, 1.165) is 5.75 Å². The Bertz CT molecular complexity index is 399. The van der Waals surface area contributed by atoms with Crippen molar-refractivity contribution in [2.75, 3.05) is 38.0 Å². The van der Waals surface area contributed by atoms with Gasteiger partial charge in [-0.2, -0.15) is 11.8 Å². The summed E-state index contributed by atoms with van der Waals surface area (Å²) in [6.07, 6.45) is 2.36. The molecule has 0 radical (unpaired) electrons. The van der Waals surface area contributed by atoms with E-state index < -0.39 is 21.3 Å². The highest BCUT2D eigenvalue weighted by atomic mass is 32.2. The lowest BCUT2D eigenvalue weighted by Gasteiger charge is -2.35. The lowest BCUT2D eigenvalue weighted by molar-refractivity contribution is -0.133. The number of ether oxygens (including phenoxy) is 1. The van der Waals surface area contributed by atoms with Crippen molar-refractivity contribution in [3.63, 3.8) is 0 Å².